The Morgan fingerprint density at radius 2 is 2.31 bits per heavy atom. The second kappa shape index (κ2) is 7.61. The molecular formula is C14H22OS. The average molecular weight is 238 g/mol. The highest BCUT2D eigenvalue weighted by Crippen LogP contribution is 2.15. The van der Waals surface area contributed by atoms with Crippen molar-refractivity contribution in [3.8, 4) is 0 Å². The summed E-state index contributed by atoms with van der Waals surface area (Å²) in [7, 11) is 0. The van der Waals surface area contributed by atoms with E-state index in [1.165, 1.54) is 17.7 Å². The molecule has 0 amide bonds. The summed E-state index contributed by atoms with van der Waals surface area (Å²) in [6.45, 7) is 4.36. The molecule has 1 unspecified atom stereocenters. The largest absolute Gasteiger partial charge is 0.300 e. The summed E-state index contributed by atoms with van der Waals surface area (Å²) in [6.07, 6.45) is 5.97. The molecule has 2 heteroatoms. The zero-order chi connectivity index (χ0) is 11.8. The van der Waals surface area contributed by atoms with Crippen LogP contribution in [-0.4, -0.2) is 5.78 Å². The minimum Gasteiger partial charge on any atom is -0.300 e. The van der Waals surface area contributed by atoms with Crippen LogP contribution >= 0.6 is 11.3 Å². The molecule has 90 valence electrons. The van der Waals surface area contributed by atoms with Crippen molar-refractivity contribution in [2.24, 2.45) is 5.92 Å². The molecule has 1 rings (SSSR count). The van der Waals surface area contributed by atoms with E-state index in [1.807, 2.05) is 0 Å². The fourth-order valence-corrected chi connectivity index (χ4v) is 2.75. The standard InChI is InChI=1S/C14H22OS/c1-3-6-12(2)11-13(15)7-4-8-14-9-5-10-16-14/h5,9-10,12H,3-4,6-8,11H2,1-2H3. The maximum Gasteiger partial charge on any atom is 0.133 e. The Kier molecular flexibility index (Phi) is 6.39. The summed E-state index contributed by atoms with van der Waals surface area (Å²) in [4.78, 5) is 13.1. The molecule has 1 aromatic rings. The van der Waals surface area contributed by atoms with Crippen molar-refractivity contribution < 1.29 is 4.79 Å². The Hall–Kier alpha value is -0.630. The van der Waals surface area contributed by atoms with Crippen molar-refractivity contribution in [2.75, 3.05) is 0 Å². The van der Waals surface area contributed by atoms with Crippen LogP contribution in [0.15, 0.2) is 17.5 Å². The van der Waals surface area contributed by atoms with Crippen LogP contribution in [0.5, 0.6) is 0 Å². The van der Waals surface area contributed by atoms with E-state index < -0.39 is 0 Å². The molecule has 0 aliphatic carbocycles. The number of hydrogen-bond donors (Lipinski definition) is 0. The lowest BCUT2D eigenvalue weighted by atomic mass is 9.97. The molecule has 1 aromatic heterocycles. The maximum atomic E-state index is 11.7. The van der Waals surface area contributed by atoms with Gasteiger partial charge in [0.1, 0.15) is 5.78 Å². The van der Waals surface area contributed by atoms with Crippen LogP contribution in [0.2, 0.25) is 0 Å². The highest BCUT2D eigenvalue weighted by molar-refractivity contribution is 7.09. The molecule has 0 spiro atoms. The smallest absolute Gasteiger partial charge is 0.133 e. The summed E-state index contributed by atoms with van der Waals surface area (Å²) < 4.78 is 0. The lowest BCUT2D eigenvalue weighted by Crippen LogP contribution is -2.05. The zero-order valence-corrected chi connectivity index (χ0v) is 11.2. The Labute approximate surface area is 103 Å². The molecule has 0 fully saturated rings. The first-order valence-electron chi connectivity index (χ1n) is 6.26. The molecule has 1 nitrogen and oxygen atoms in total. The molecule has 0 aliphatic heterocycles. The number of thiophene rings is 1. The first kappa shape index (κ1) is 13.4. The van der Waals surface area contributed by atoms with E-state index in [-0.39, 0.29) is 0 Å². The van der Waals surface area contributed by atoms with Gasteiger partial charge in [-0.05, 0) is 30.2 Å². The second-order valence-electron chi connectivity index (χ2n) is 4.57. The zero-order valence-electron chi connectivity index (χ0n) is 10.4. The van der Waals surface area contributed by atoms with Crippen LogP contribution in [0.4, 0.5) is 0 Å². The molecule has 0 N–H and O–H groups in total. The van der Waals surface area contributed by atoms with Crippen LogP contribution in [0, 0.1) is 5.92 Å². The molecule has 1 atom stereocenters. The number of carbonyl (C=O) groups is 1. The normalized spacial score (nSPS) is 12.6. The van der Waals surface area contributed by atoms with Gasteiger partial charge in [0.05, 0.1) is 0 Å². The first-order chi connectivity index (χ1) is 7.72. The number of Topliss-reactive ketones (excluding diaryl/α,β-unsaturated/α-hetero) is 1. The summed E-state index contributed by atoms with van der Waals surface area (Å²) in [5.74, 6) is 1.01. The third-order valence-corrected chi connectivity index (χ3v) is 3.75. The molecular weight excluding hydrogens is 216 g/mol. The molecule has 0 aromatic carbocycles. The maximum absolute atomic E-state index is 11.7. The van der Waals surface area contributed by atoms with E-state index in [2.05, 4.69) is 31.4 Å². The Balaban J connectivity index is 2.10. The molecule has 0 radical (unpaired) electrons. The fraction of sp³-hybridized carbons (Fsp3) is 0.643. The van der Waals surface area contributed by atoms with Crippen molar-refractivity contribution in [2.45, 2.75) is 52.4 Å². The van der Waals surface area contributed by atoms with Gasteiger partial charge in [-0.15, -0.1) is 11.3 Å². The monoisotopic (exact) mass is 238 g/mol. The van der Waals surface area contributed by atoms with Gasteiger partial charge in [0.2, 0.25) is 0 Å². The van der Waals surface area contributed by atoms with E-state index in [1.54, 1.807) is 11.3 Å². The lowest BCUT2D eigenvalue weighted by molar-refractivity contribution is -0.120. The van der Waals surface area contributed by atoms with Gasteiger partial charge in [-0.3, -0.25) is 4.79 Å². The van der Waals surface area contributed by atoms with E-state index in [4.69, 9.17) is 0 Å². The number of rotatable bonds is 8. The predicted octanol–water partition coefficient (Wildman–Crippen LogP) is 4.47. The minimum absolute atomic E-state index is 0.442. The van der Waals surface area contributed by atoms with Gasteiger partial charge in [0, 0.05) is 17.7 Å². The van der Waals surface area contributed by atoms with E-state index in [9.17, 15) is 4.79 Å². The third kappa shape index (κ3) is 5.45. The quantitative estimate of drug-likeness (QED) is 0.653. The van der Waals surface area contributed by atoms with E-state index in [0.29, 0.717) is 11.7 Å². The molecule has 16 heavy (non-hydrogen) atoms. The van der Waals surface area contributed by atoms with Gasteiger partial charge >= 0.3 is 0 Å². The number of hydrogen-bond acceptors (Lipinski definition) is 2. The summed E-state index contributed by atoms with van der Waals surface area (Å²) >= 11 is 1.79. The van der Waals surface area contributed by atoms with Gasteiger partial charge in [0.15, 0.2) is 0 Å². The second-order valence-corrected chi connectivity index (χ2v) is 5.60. The molecule has 1 heterocycles. The van der Waals surface area contributed by atoms with Gasteiger partial charge < -0.3 is 0 Å². The van der Waals surface area contributed by atoms with Crippen molar-refractivity contribution in [3.63, 3.8) is 0 Å². The van der Waals surface area contributed by atoms with Crippen LogP contribution in [0.3, 0.4) is 0 Å². The van der Waals surface area contributed by atoms with Gasteiger partial charge in [-0.25, -0.2) is 0 Å². The van der Waals surface area contributed by atoms with Gasteiger partial charge in [0.25, 0.3) is 0 Å². The minimum atomic E-state index is 0.442. The van der Waals surface area contributed by atoms with Gasteiger partial charge in [-0.1, -0.05) is 32.8 Å². The van der Waals surface area contributed by atoms with Crippen molar-refractivity contribution in [3.05, 3.63) is 22.4 Å². The number of carbonyl (C=O) groups excluding carboxylic acids is 1. The average Bonchev–Trinajstić information content (AvgIpc) is 2.70. The van der Waals surface area contributed by atoms with Crippen LogP contribution < -0.4 is 0 Å². The van der Waals surface area contributed by atoms with Crippen molar-refractivity contribution in [1.82, 2.24) is 0 Å². The number of ketones is 1. The highest BCUT2D eigenvalue weighted by Gasteiger charge is 2.08. The first-order valence-corrected chi connectivity index (χ1v) is 7.14. The Bertz CT molecular complexity index is 290. The van der Waals surface area contributed by atoms with Crippen LogP contribution in [-0.2, 0) is 11.2 Å². The highest BCUT2D eigenvalue weighted by atomic mass is 32.1. The number of aryl methyl sites for hydroxylation is 1. The molecule has 0 saturated heterocycles. The lowest BCUT2D eigenvalue weighted by Gasteiger charge is -2.08. The summed E-state index contributed by atoms with van der Waals surface area (Å²) in [5, 5.41) is 2.10. The Morgan fingerprint density at radius 1 is 1.50 bits per heavy atom. The molecule has 0 aliphatic rings. The van der Waals surface area contributed by atoms with Crippen LogP contribution in [0.25, 0.3) is 0 Å². The predicted molar refractivity (Wildman–Crippen MR) is 71.0 cm³/mol. The van der Waals surface area contributed by atoms with Crippen molar-refractivity contribution in [1.29, 1.82) is 0 Å². The van der Waals surface area contributed by atoms with Crippen LogP contribution in [0.1, 0.15) is 50.8 Å². The Morgan fingerprint density at radius 3 is 2.94 bits per heavy atom. The summed E-state index contributed by atoms with van der Waals surface area (Å²) in [5.41, 5.74) is 0. The molecule has 0 saturated carbocycles. The third-order valence-electron chi connectivity index (χ3n) is 2.82. The van der Waals surface area contributed by atoms with E-state index >= 15 is 0 Å². The molecule has 0 bridgehead atoms. The van der Waals surface area contributed by atoms with E-state index in [0.717, 1.165) is 25.7 Å². The SMILES string of the molecule is CCCC(C)CC(=O)CCCc1cccs1. The fourth-order valence-electron chi connectivity index (χ4n) is 2.00. The topological polar surface area (TPSA) is 17.1 Å². The summed E-state index contributed by atoms with van der Waals surface area (Å²) in [6, 6.07) is 4.22. The van der Waals surface area contributed by atoms with Gasteiger partial charge in [-0.2, -0.15) is 0 Å². The van der Waals surface area contributed by atoms with Crippen molar-refractivity contribution >= 4 is 17.1 Å².